The maximum absolute atomic E-state index is 12.9. The predicted molar refractivity (Wildman–Crippen MR) is 81.7 cm³/mol. The fourth-order valence-electron chi connectivity index (χ4n) is 3.66. The van der Waals surface area contributed by atoms with Gasteiger partial charge in [0.05, 0.1) is 12.3 Å². The van der Waals surface area contributed by atoms with Crippen LogP contribution in [-0.4, -0.2) is 36.2 Å². The van der Waals surface area contributed by atoms with Crippen LogP contribution in [0.5, 0.6) is 0 Å². The third-order valence-corrected chi connectivity index (χ3v) is 4.80. The van der Waals surface area contributed by atoms with Crippen molar-refractivity contribution >= 4 is 5.91 Å². The summed E-state index contributed by atoms with van der Waals surface area (Å²) < 4.78 is 5.46. The van der Waals surface area contributed by atoms with Crippen LogP contribution in [0.25, 0.3) is 0 Å². The van der Waals surface area contributed by atoms with Crippen molar-refractivity contribution in [2.24, 2.45) is 0 Å². The summed E-state index contributed by atoms with van der Waals surface area (Å²) in [6.07, 6.45) is 4.44. The number of hydrogen-bond donors (Lipinski definition) is 1. The molecule has 2 fully saturated rings. The third kappa shape index (κ3) is 2.70. The van der Waals surface area contributed by atoms with Crippen LogP contribution < -0.4 is 5.32 Å². The van der Waals surface area contributed by atoms with Crippen LogP contribution in [-0.2, 0) is 9.53 Å². The van der Waals surface area contributed by atoms with Crippen LogP contribution in [0.3, 0.4) is 0 Å². The molecule has 0 radical (unpaired) electrons. The van der Waals surface area contributed by atoms with Crippen LogP contribution in [0.2, 0.25) is 0 Å². The molecule has 1 aromatic carbocycles. The molecule has 0 spiro atoms. The first kappa shape index (κ1) is 14.5. The van der Waals surface area contributed by atoms with Crippen molar-refractivity contribution in [1.82, 2.24) is 10.2 Å². The van der Waals surface area contributed by atoms with Gasteiger partial charge in [0.25, 0.3) is 0 Å². The van der Waals surface area contributed by atoms with Crippen LogP contribution in [0, 0.1) is 0 Å². The van der Waals surface area contributed by atoms with E-state index in [9.17, 15) is 4.79 Å². The fraction of sp³-hybridized carbons (Fsp3) is 0.588. The number of hydrogen-bond acceptors (Lipinski definition) is 3. The van der Waals surface area contributed by atoms with E-state index < -0.39 is 0 Å². The zero-order valence-electron chi connectivity index (χ0n) is 12.8. The normalized spacial score (nSPS) is 32.9. The van der Waals surface area contributed by atoms with Gasteiger partial charge >= 0.3 is 0 Å². The highest BCUT2D eigenvalue weighted by Gasteiger charge is 2.44. The number of methoxy groups -OCH3 is 1. The van der Waals surface area contributed by atoms with Crippen LogP contribution in [0.15, 0.2) is 30.3 Å². The van der Waals surface area contributed by atoms with Crippen molar-refractivity contribution < 1.29 is 9.53 Å². The second-order valence-electron chi connectivity index (χ2n) is 6.00. The molecule has 1 saturated carbocycles. The van der Waals surface area contributed by atoms with E-state index in [-0.39, 0.29) is 18.1 Å². The van der Waals surface area contributed by atoms with Gasteiger partial charge in [-0.25, -0.2) is 0 Å². The number of nitrogens with zero attached hydrogens (tertiary/aromatic N) is 1. The summed E-state index contributed by atoms with van der Waals surface area (Å²) in [5, 5.41) is 3.50. The first-order valence-corrected chi connectivity index (χ1v) is 7.90. The van der Waals surface area contributed by atoms with Gasteiger partial charge in [-0.1, -0.05) is 37.3 Å². The number of carbonyl (C=O) groups excluding carboxylic acids is 1. The monoisotopic (exact) mass is 288 g/mol. The summed E-state index contributed by atoms with van der Waals surface area (Å²) in [6, 6.07) is 10.1. The van der Waals surface area contributed by atoms with Gasteiger partial charge in [0.2, 0.25) is 5.91 Å². The van der Waals surface area contributed by atoms with Crippen molar-refractivity contribution in [2.75, 3.05) is 7.11 Å². The van der Waals surface area contributed by atoms with Crippen molar-refractivity contribution in [2.45, 2.75) is 57.0 Å². The smallest absolute Gasteiger partial charge is 0.245 e. The van der Waals surface area contributed by atoms with Crippen molar-refractivity contribution in [3.8, 4) is 0 Å². The van der Waals surface area contributed by atoms with Gasteiger partial charge in [-0.3, -0.25) is 10.1 Å². The molecule has 4 unspecified atom stereocenters. The van der Waals surface area contributed by atoms with Crippen LogP contribution in [0.4, 0.5) is 0 Å². The van der Waals surface area contributed by atoms with Gasteiger partial charge in [-0.2, -0.15) is 0 Å². The van der Waals surface area contributed by atoms with Gasteiger partial charge in [0, 0.05) is 13.2 Å². The van der Waals surface area contributed by atoms with Gasteiger partial charge in [-0.05, 0) is 31.2 Å². The molecule has 1 aliphatic carbocycles. The molecule has 114 valence electrons. The predicted octanol–water partition coefficient (Wildman–Crippen LogP) is 2.46. The maximum atomic E-state index is 12.9. The minimum absolute atomic E-state index is 0.142. The number of benzene rings is 1. The Bertz CT molecular complexity index is 491. The van der Waals surface area contributed by atoms with E-state index in [1.807, 2.05) is 30.3 Å². The average molecular weight is 288 g/mol. The Kier molecular flexibility index (Phi) is 4.27. The van der Waals surface area contributed by atoms with Gasteiger partial charge in [0.1, 0.15) is 6.04 Å². The van der Waals surface area contributed by atoms with Crippen molar-refractivity contribution in [1.29, 1.82) is 0 Å². The number of ether oxygens (including phenoxy) is 1. The third-order valence-electron chi connectivity index (χ3n) is 4.80. The highest BCUT2D eigenvalue weighted by Crippen LogP contribution is 2.34. The summed E-state index contributed by atoms with van der Waals surface area (Å²) in [4.78, 5) is 15.0. The molecule has 1 heterocycles. The molecule has 0 bridgehead atoms. The molecule has 1 aliphatic heterocycles. The molecule has 4 heteroatoms. The first-order chi connectivity index (χ1) is 10.2. The summed E-state index contributed by atoms with van der Waals surface area (Å²) in [5.74, 6) is 0.217. The van der Waals surface area contributed by atoms with Gasteiger partial charge in [0.15, 0.2) is 0 Å². The standard InChI is InChI=1S/C17H24N2O2/c1-3-15-18-16(12-7-5-4-6-8-12)17(20)19(15)13-9-10-14(11-13)21-2/h4-8,13-16,18H,3,9-11H2,1-2H3. The zero-order valence-corrected chi connectivity index (χ0v) is 12.8. The SMILES string of the molecule is CCC1NC(c2ccccc2)C(=O)N1C1CCC(OC)C1. The number of nitrogens with one attached hydrogen (secondary N) is 1. The van der Waals surface area contributed by atoms with E-state index in [4.69, 9.17) is 4.74 Å². The second kappa shape index (κ2) is 6.16. The lowest BCUT2D eigenvalue weighted by molar-refractivity contribution is -0.132. The highest BCUT2D eigenvalue weighted by atomic mass is 16.5. The summed E-state index contributed by atoms with van der Waals surface area (Å²) in [6.45, 7) is 2.13. The molecular weight excluding hydrogens is 264 g/mol. The van der Waals surface area contributed by atoms with Crippen molar-refractivity contribution in [3.63, 3.8) is 0 Å². The molecule has 1 aromatic rings. The second-order valence-corrected chi connectivity index (χ2v) is 6.00. The van der Waals surface area contributed by atoms with Gasteiger partial charge in [-0.15, -0.1) is 0 Å². The average Bonchev–Trinajstić information content (AvgIpc) is 3.12. The largest absolute Gasteiger partial charge is 0.381 e. The van der Waals surface area contributed by atoms with Crippen LogP contribution >= 0.6 is 0 Å². The summed E-state index contributed by atoms with van der Waals surface area (Å²) in [7, 11) is 1.77. The first-order valence-electron chi connectivity index (χ1n) is 7.90. The quantitative estimate of drug-likeness (QED) is 0.925. The van der Waals surface area contributed by atoms with E-state index in [2.05, 4.69) is 17.1 Å². The van der Waals surface area contributed by atoms with Crippen molar-refractivity contribution in [3.05, 3.63) is 35.9 Å². The molecular formula is C17H24N2O2. The number of rotatable bonds is 4. The Hall–Kier alpha value is -1.39. The Labute approximate surface area is 126 Å². The molecule has 21 heavy (non-hydrogen) atoms. The molecule has 2 aliphatic rings. The highest BCUT2D eigenvalue weighted by molar-refractivity contribution is 5.86. The Morgan fingerprint density at radius 1 is 1.29 bits per heavy atom. The van der Waals surface area contributed by atoms with E-state index in [0.29, 0.717) is 12.1 Å². The van der Waals surface area contributed by atoms with E-state index in [1.165, 1.54) is 0 Å². The molecule has 3 rings (SSSR count). The lowest BCUT2D eigenvalue weighted by Crippen LogP contribution is -2.43. The van der Waals surface area contributed by atoms with Crippen LogP contribution in [0.1, 0.15) is 44.2 Å². The van der Waals surface area contributed by atoms with E-state index in [0.717, 1.165) is 31.2 Å². The lowest BCUT2D eigenvalue weighted by Gasteiger charge is -2.29. The lowest BCUT2D eigenvalue weighted by atomic mass is 10.1. The molecule has 1 N–H and O–H groups in total. The molecule has 4 atom stereocenters. The fourth-order valence-corrected chi connectivity index (χ4v) is 3.66. The molecule has 4 nitrogen and oxygen atoms in total. The number of carbonyl (C=O) groups is 1. The zero-order chi connectivity index (χ0) is 14.8. The molecule has 1 amide bonds. The molecule has 0 aromatic heterocycles. The minimum atomic E-state index is -0.197. The number of amides is 1. The minimum Gasteiger partial charge on any atom is -0.381 e. The Balaban J connectivity index is 1.79. The Morgan fingerprint density at radius 3 is 2.67 bits per heavy atom. The van der Waals surface area contributed by atoms with E-state index >= 15 is 0 Å². The van der Waals surface area contributed by atoms with Gasteiger partial charge < -0.3 is 9.64 Å². The molecule has 1 saturated heterocycles. The topological polar surface area (TPSA) is 41.6 Å². The summed E-state index contributed by atoms with van der Waals surface area (Å²) >= 11 is 0. The van der Waals surface area contributed by atoms with E-state index in [1.54, 1.807) is 7.11 Å². The maximum Gasteiger partial charge on any atom is 0.245 e. The summed E-state index contributed by atoms with van der Waals surface area (Å²) in [5.41, 5.74) is 1.06. The Morgan fingerprint density at radius 2 is 2.05 bits per heavy atom.